The smallest absolute Gasteiger partial charge is 0.308 e. The molecule has 0 radical (unpaired) electrons. The SMILES string of the molecule is COc1cc(/C=C2\SC(=O)N(CC(=O)Nc3cc(Cl)ccc3C)C2=O)ccc1OC(C)=O. The Morgan fingerprint density at radius 3 is 2.59 bits per heavy atom. The summed E-state index contributed by atoms with van der Waals surface area (Å²) in [6, 6.07) is 9.75. The zero-order valence-electron chi connectivity index (χ0n) is 17.4. The van der Waals surface area contributed by atoms with E-state index in [0.717, 1.165) is 22.2 Å². The van der Waals surface area contributed by atoms with Gasteiger partial charge >= 0.3 is 5.97 Å². The Labute approximate surface area is 193 Å². The molecular formula is C22H19ClN2O6S. The number of imide groups is 1. The lowest BCUT2D eigenvalue weighted by atomic mass is 10.2. The van der Waals surface area contributed by atoms with Crippen molar-refractivity contribution in [1.29, 1.82) is 0 Å². The average molecular weight is 475 g/mol. The van der Waals surface area contributed by atoms with Crippen molar-refractivity contribution >= 4 is 58.1 Å². The molecular weight excluding hydrogens is 456 g/mol. The van der Waals surface area contributed by atoms with Crippen LogP contribution in [0.1, 0.15) is 18.1 Å². The van der Waals surface area contributed by atoms with E-state index in [-0.39, 0.29) is 10.7 Å². The number of halogens is 1. The van der Waals surface area contributed by atoms with Crippen LogP contribution in [0.3, 0.4) is 0 Å². The minimum atomic E-state index is -0.582. The van der Waals surface area contributed by atoms with Gasteiger partial charge in [0.25, 0.3) is 11.1 Å². The Bertz CT molecular complexity index is 1150. The van der Waals surface area contributed by atoms with Crippen LogP contribution in [0, 0.1) is 6.92 Å². The molecule has 0 aromatic heterocycles. The maximum absolute atomic E-state index is 12.7. The van der Waals surface area contributed by atoms with Gasteiger partial charge in [-0.05, 0) is 60.2 Å². The molecule has 1 saturated heterocycles. The van der Waals surface area contributed by atoms with E-state index in [9.17, 15) is 19.2 Å². The van der Waals surface area contributed by atoms with Gasteiger partial charge in [0.1, 0.15) is 6.54 Å². The summed E-state index contributed by atoms with van der Waals surface area (Å²) in [5.74, 6) is -1.07. The van der Waals surface area contributed by atoms with Gasteiger partial charge in [0.15, 0.2) is 11.5 Å². The Hall–Kier alpha value is -3.30. The van der Waals surface area contributed by atoms with E-state index >= 15 is 0 Å². The second-order valence-electron chi connectivity index (χ2n) is 6.78. The van der Waals surface area contributed by atoms with Crippen LogP contribution in [0.25, 0.3) is 6.08 Å². The minimum Gasteiger partial charge on any atom is -0.493 e. The van der Waals surface area contributed by atoms with Crippen molar-refractivity contribution in [3.05, 3.63) is 57.5 Å². The van der Waals surface area contributed by atoms with E-state index in [4.69, 9.17) is 21.1 Å². The normalized spacial score (nSPS) is 14.6. The van der Waals surface area contributed by atoms with E-state index in [1.807, 2.05) is 0 Å². The highest BCUT2D eigenvalue weighted by atomic mass is 35.5. The number of rotatable bonds is 6. The summed E-state index contributed by atoms with van der Waals surface area (Å²) < 4.78 is 10.3. The number of thioether (sulfide) groups is 1. The molecule has 1 fully saturated rings. The van der Waals surface area contributed by atoms with Gasteiger partial charge in [-0.2, -0.15) is 0 Å². The van der Waals surface area contributed by atoms with Crippen molar-refractivity contribution in [2.75, 3.05) is 19.0 Å². The van der Waals surface area contributed by atoms with Gasteiger partial charge in [0.05, 0.1) is 12.0 Å². The fourth-order valence-electron chi connectivity index (χ4n) is 2.86. The van der Waals surface area contributed by atoms with E-state index in [0.29, 0.717) is 22.0 Å². The van der Waals surface area contributed by atoms with E-state index in [2.05, 4.69) is 5.32 Å². The van der Waals surface area contributed by atoms with Gasteiger partial charge in [-0.3, -0.25) is 24.1 Å². The van der Waals surface area contributed by atoms with Crippen LogP contribution in [-0.4, -0.2) is 41.6 Å². The molecule has 2 aromatic carbocycles. The van der Waals surface area contributed by atoms with E-state index < -0.39 is 29.6 Å². The number of carbonyl (C=O) groups excluding carboxylic acids is 4. The highest BCUT2D eigenvalue weighted by Crippen LogP contribution is 2.34. The van der Waals surface area contributed by atoms with Crippen LogP contribution >= 0.6 is 23.4 Å². The standard InChI is InChI=1S/C22H19ClN2O6S/c1-12-4-6-15(23)10-16(12)24-20(27)11-25-21(28)19(32-22(25)29)9-14-5-7-17(31-13(2)26)18(8-14)30-3/h4-10H,11H2,1-3H3,(H,24,27)/b19-9-. The molecule has 32 heavy (non-hydrogen) atoms. The Balaban J connectivity index is 1.74. The second kappa shape index (κ2) is 9.88. The first kappa shape index (κ1) is 23.4. The van der Waals surface area contributed by atoms with E-state index in [1.54, 1.807) is 37.3 Å². The number of anilines is 1. The molecule has 0 saturated carbocycles. The number of benzene rings is 2. The number of amides is 3. The van der Waals surface area contributed by atoms with Crippen molar-refractivity contribution in [2.45, 2.75) is 13.8 Å². The maximum atomic E-state index is 12.7. The summed E-state index contributed by atoms with van der Waals surface area (Å²) in [5, 5.41) is 2.57. The molecule has 166 valence electrons. The summed E-state index contributed by atoms with van der Waals surface area (Å²) in [4.78, 5) is 49.7. The number of nitrogens with one attached hydrogen (secondary N) is 1. The summed E-state index contributed by atoms with van der Waals surface area (Å²) in [5.41, 5.74) is 1.86. The molecule has 10 heteroatoms. The molecule has 0 atom stereocenters. The number of carbonyl (C=O) groups is 4. The number of ether oxygens (including phenoxy) is 2. The predicted octanol–water partition coefficient (Wildman–Crippen LogP) is 4.26. The molecule has 3 amide bonds. The summed E-state index contributed by atoms with van der Waals surface area (Å²) in [6.07, 6.45) is 1.50. The fourth-order valence-corrected chi connectivity index (χ4v) is 3.87. The highest BCUT2D eigenvalue weighted by molar-refractivity contribution is 8.18. The van der Waals surface area contributed by atoms with E-state index in [1.165, 1.54) is 26.2 Å². The molecule has 0 aliphatic carbocycles. The van der Waals surface area contributed by atoms with Gasteiger partial charge in [-0.25, -0.2) is 0 Å². The van der Waals surface area contributed by atoms with Crippen LogP contribution in [0.4, 0.5) is 10.5 Å². The molecule has 1 aliphatic rings. The predicted molar refractivity (Wildman–Crippen MR) is 122 cm³/mol. The first-order chi connectivity index (χ1) is 15.2. The first-order valence-electron chi connectivity index (χ1n) is 9.35. The van der Waals surface area contributed by atoms with Crippen molar-refractivity contribution in [3.8, 4) is 11.5 Å². The van der Waals surface area contributed by atoms with Crippen LogP contribution in [0.2, 0.25) is 5.02 Å². The molecule has 0 spiro atoms. The third-order valence-electron chi connectivity index (χ3n) is 4.39. The van der Waals surface area contributed by atoms with Crippen molar-refractivity contribution in [3.63, 3.8) is 0 Å². The molecule has 2 aromatic rings. The summed E-state index contributed by atoms with van der Waals surface area (Å²) in [6.45, 7) is 2.64. The number of hydrogen-bond donors (Lipinski definition) is 1. The van der Waals surface area contributed by atoms with Crippen molar-refractivity contribution < 1.29 is 28.7 Å². The summed E-state index contributed by atoms with van der Waals surface area (Å²) >= 11 is 6.68. The number of esters is 1. The fraction of sp³-hybridized carbons (Fsp3) is 0.182. The lowest BCUT2D eigenvalue weighted by Crippen LogP contribution is -2.36. The second-order valence-corrected chi connectivity index (χ2v) is 8.21. The highest BCUT2D eigenvalue weighted by Gasteiger charge is 2.36. The largest absolute Gasteiger partial charge is 0.493 e. The Morgan fingerprint density at radius 2 is 1.91 bits per heavy atom. The quantitative estimate of drug-likeness (QED) is 0.379. The summed E-state index contributed by atoms with van der Waals surface area (Å²) in [7, 11) is 1.42. The van der Waals surface area contributed by atoms with Gasteiger partial charge in [0.2, 0.25) is 5.91 Å². The Kier molecular flexibility index (Phi) is 7.22. The first-order valence-corrected chi connectivity index (χ1v) is 10.5. The lowest BCUT2D eigenvalue weighted by Gasteiger charge is -2.13. The van der Waals surface area contributed by atoms with Crippen LogP contribution < -0.4 is 14.8 Å². The average Bonchev–Trinajstić information content (AvgIpc) is 2.98. The molecule has 0 unspecified atom stereocenters. The lowest BCUT2D eigenvalue weighted by molar-refractivity contribution is -0.132. The van der Waals surface area contributed by atoms with Crippen molar-refractivity contribution in [1.82, 2.24) is 4.90 Å². The van der Waals surface area contributed by atoms with Crippen molar-refractivity contribution in [2.24, 2.45) is 0 Å². The molecule has 3 rings (SSSR count). The van der Waals surface area contributed by atoms with Crippen LogP contribution in [0.5, 0.6) is 11.5 Å². The maximum Gasteiger partial charge on any atom is 0.308 e. The number of hydrogen-bond acceptors (Lipinski definition) is 7. The third-order valence-corrected chi connectivity index (χ3v) is 5.53. The number of aryl methyl sites for hydroxylation is 1. The number of nitrogens with zero attached hydrogens (tertiary/aromatic N) is 1. The van der Waals surface area contributed by atoms with Crippen LogP contribution in [-0.2, 0) is 14.4 Å². The molecule has 1 heterocycles. The van der Waals surface area contributed by atoms with Gasteiger partial charge in [-0.15, -0.1) is 0 Å². The molecule has 0 bridgehead atoms. The van der Waals surface area contributed by atoms with Crippen LogP contribution in [0.15, 0.2) is 41.3 Å². The Morgan fingerprint density at radius 1 is 1.16 bits per heavy atom. The van der Waals surface area contributed by atoms with Gasteiger partial charge < -0.3 is 14.8 Å². The zero-order valence-corrected chi connectivity index (χ0v) is 19.0. The van der Waals surface area contributed by atoms with Gasteiger partial charge in [-0.1, -0.05) is 23.7 Å². The zero-order chi connectivity index (χ0) is 23.4. The molecule has 8 nitrogen and oxygen atoms in total. The monoisotopic (exact) mass is 474 g/mol. The van der Waals surface area contributed by atoms with Gasteiger partial charge in [0, 0.05) is 17.6 Å². The third kappa shape index (κ3) is 5.49. The number of methoxy groups -OCH3 is 1. The molecule has 1 N–H and O–H groups in total. The minimum absolute atomic E-state index is 0.157. The molecule has 1 aliphatic heterocycles. The topological polar surface area (TPSA) is 102 Å².